The molecule has 0 radical (unpaired) electrons. The molecule has 2 atom stereocenters. The van der Waals surface area contributed by atoms with Crippen LogP contribution in [0.2, 0.25) is 0 Å². The first-order chi connectivity index (χ1) is 16.4. The molecule has 0 fully saturated rings. The van der Waals surface area contributed by atoms with Crippen molar-refractivity contribution in [1.82, 2.24) is 0 Å². The largest absolute Gasteiger partial charge is 0.472 e. The number of carbonyl (C=O) groups is 1. The highest BCUT2D eigenvalue weighted by Gasteiger charge is 2.24. The van der Waals surface area contributed by atoms with Crippen molar-refractivity contribution in [3.05, 3.63) is 48.6 Å². The molecule has 0 heterocycles. The average molecular weight is 502 g/mol. The molecule has 0 aliphatic carbocycles. The number of phosphoric acid groups is 1. The van der Waals surface area contributed by atoms with Crippen LogP contribution < -0.4 is 5.73 Å². The number of ether oxygens (including phenoxy) is 1. The Morgan fingerprint density at radius 1 is 0.912 bits per heavy atom. The zero-order chi connectivity index (χ0) is 25.3. The third-order valence-electron chi connectivity index (χ3n) is 4.51. The lowest BCUT2D eigenvalue weighted by Gasteiger charge is -2.17. The van der Waals surface area contributed by atoms with Crippen LogP contribution >= 0.6 is 7.82 Å². The predicted octanol–water partition coefficient (Wildman–Crippen LogP) is 5.13. The Balaban J connectivity index is 3.82. The summed E-state index contributed by atoms with van der Waals surface area (Å²) in [7, 11) is -4.28. The third-order valence-corrected chi connectivity index (χ3v) is 5.49. The number of hydrogen-bond donors (Lipinski definition) is 3. The van der Waals surface area contributed by atoms with Crippen LogP contribution in [-0.2, 0) is 23.1 Å². The van der Waals surface area contributed by atoms with Crippen molar-refractivity contribution in [2.75, 3.05) is 26.4 Å². The summed E-state index contributed by atoms with van der Waals surface area (Å²) < 4.78 is 25.9. The van der Waals surface area contributed by atoms with Crippen LogP contribution in [-0.4, -0.2) is 48.4 Å². The molecule has 0 aliphatic heterocycles. The van der Waals surface area contributed by atoms with Gasteiger partial charge < -0.3 is 20.5 Å². The Bertz CT molecular complexity index is 662. The van der Waals surface area contributed by atoms with Gasteiger partial charge in [-0.1, -0.05) is 68.4 Å². The number of rotatable bonds is 22. The van der Waals surface area contributed by atoms with Crippen LogP contribution in [0.15, 0.2) is 48.6 Å². The van der Waals surface area contributed by atoms with E-state index < -0.39 is 33.1 Å². The molecular weight excluding hydrogens is 457 g/mol. The Kier molecular flexibility index (Phi) is 22.2. The van der Waals surface area contributed by atoms with E-state index >= 15 is 0 Å². The van der Waals surface area contributed by atoms with Crippen molar-refractivity contribution in [2.45, 2.75) is 77.2 Å². The fourth-order valence-corrected chi connectivity index (χ4v) is 3.44. The van der Waals surface area contributed by atoms with Crippen LogP contribution in [0.1, 0.15) is 71.1 Å². The van der Waals surface area contributed by atoms with Gasteiger partial charge in [-0.3, -0.25) is 13.8 Å². The van der Waals surface area contributed by atoms with E-state index in [0.29, 0.717) is 6.42 Å². The normalized spacial score (nSPS) is 15.1. The number of carbonyl (C=O) groups excluding carboxylic acids is 1. The molecule has 2 unspecified atom stereocenters. The molecule has 8 nitrogen and oxygen atoms in total. The van der Waals surface area contributed by atoms with E-state index in [2.05, 4.69) is 54.0 Å². The quantitative estimate of drug-likeness (QED) is 0.0806. The van der Waals surface area contributed by atoms with Gasteiger partial charge in [-0.05, 0) is 44.9 Å². The topological polar surface area (TPSA) is 128 Å². The van der Waals surface area contributed by atoms with Crippen LogP contribution in [0, 0.1) is 0 Å². The van der Waals surface area contributed by atoms with E-state index in [1.807, 2.05) is 6.08 Å². The standard InChI is InChI=1S/C25H44NO7P/c1-2-3-4-5-6-7-8-9-10-11-12-13-14-15-16-17-18-19-25(28)33-24(22-27)23-32-34(29,30)31-21-20-26/h6-7,9-10,12-13,15-16,24,27H,2-5,8,11,14,17-23,26H2,1H3,(H,29,30). The highest BCUT2D eigenvalue weighted by molar-refractivity contribution is 7.47. The van der Waals surface area contributed by atoms with Crippen molar-refractivity contribution >= 4 is 13.8 Å². The van der Waals surface area contributed by atoms with Gasteiger partial charge >= 0.3 is 13.8 Å². The Morgan fingerprint density at radius 3 is 2.00 bits per heavy atom. The van der Waals surface area contributed by atoms with Gasteiger partial charge in [0.1, 0.15) is 6.10 Å². The van der Waals surface area contributed by atoms with Crippen LogP contribution in [0.3, 0.4) is 0 Å². The lowest BCUT2D eigenvalue weighted by molar-refractivity contribution is -0.153. The molecule has 196 valence electrons. The highest BCUT2D eigenvalue weighted by atomic mass is 31.2. The van der Waals surface area contributed by atoms with E-state index in [-0.39, 0.29) is 19.6 Å². The summed E-state index contributed by atoms with van der Waals surface area (Å²) in [6, 6.07) is 0. The number of unbranched alkanes of at least 4 members (excludes halogenated alkanes) is 4. The molecule has 0 amide bonds. The van der Waals surface area contributed by atoms with Gasteiger partial charge in [0, 0.05) is 13.0 Å². The number of allylic oxidation sites excluding steroid dienone is 8. The minimum atomic E-state index is -4.28. The smallest absolute Gasteiger partial charge is 0.457 e. The first-order valence-corrected chi connectivity index (χ1v) is 13.7. The zero-order valence-electron chi connectivity index (χ0n) is 20.6. The molecule has 0 aliphatic rings. The average Bonchev–Trinajstić information content (AvgIpc) is 2.82. The maximum Gasteiger partial charge on any atom is 0.472 e. The number of aliphatic hydroxyl groups is 1. The summed E-state index contributed by atoms with van der Waals surface area (Å²) in [5, 5.41) is 9.25. The molecule has 4 N–H and O–H groups in total. The summed E-state index contributed by atoms with van der Waals surface area (Å²) in [6.07, 6.45) is 25.4. The van der Waals surface area contributed by atoms with Crippen LogP contribution in [0.5, 0.6) is 0 Å². The summed E-state index contributed by atoms with van der Waals surface area (Å²) in [5.41, 5.74) is 5.19. The monoisotopic (exact) mass is 501 g/mol. The number of esters is 1. The molecule has 0 aromatic rings. The maximum absolute atomic E-state index is 11.9. The summed E-state index contributed by atoms with van der Waals surface area (Å²) in [4.78, 5) is 21.3. The van der Waals surface area contributed by atoms with E-state index in [0.717, 1.165) is 25.7 Å². The molecule has 0 bridgehead atoms. The maximum atomic E-state index is 11.9. The molecule has 0 aromatic carbocycles. The van der Waals surface area contributed by atoms with Gasteiger partial charge in [0.25, 0.3) is 0 Å². The van der Waals surface area contributed by atoms with E-state index in [1.54, 1.807) is 0 Å². The molecule has 34 heavy (non-hydrogen) atoms. The van der Waals surface area contributed by atoms with Gasteiger partial charge in [0.15, 0.2) is 0 Å². The SMILES string of the molecule is CCCCCC=CCC=CCC=CCC=CCCCC(=O)OC(CO)COP(=O)(O)OCCN. The highest BCUT2D eigenvalue weighted by Crippen LogP contribution is 2.42. The molecular formula is C25H44NO7P. The van der Waals surface area contributed by atoms with Crippen molar-refractivity contribution in [3.8, 4) is 0 Å². The summed E-state index contributed by atoms with van der Waals surface area (Å²) in [6.45, 7) is 1.16. The Labute approximate surface area is 205 Å². The molecule has 0 spiro atoms. The third kappa shape index (κ3) is 22.3. The van der Waals surface area contributed by atoms with Gasteiger partial charge in [-0.25, -0.2) is 4.57 Å². The minimum absolute atomic E-state index is 0.0613. The van der Waals surface area contributed by atoms with Crippen molar-refractivity contribution < 1.29 is 33.1 Å². The zero-order valence-corrected chi connectivity index (χ0v) is 21.5. The fraction of sp³-hybridized carbons (Fsp3) is 0.640. The second kappa shape index (κ2) is 23.2. The van der Waals surface area contributed by atoms with Gasteiger partial charge in [-0.15, -0.1) is 0 Å². The van der Waals surface area contributed by atoms with Crippen molar-refractivity contribution in [2.24, 2.45) is 5.73 Å². The number of phosphoric ester groups is 1. The lowest BCUT2D eigenvalue weighted by atomic mass is 10.2. The fourth-order valence-electron chi connectivity index (χ4n) is 2.68. The van der Waals surface area contributed by atoms with Crippen molar-refractivity contribution in [3.63, 3.8) is 0 Å². The summed E-state index contributed by atoms with van der Waals surface area (Å²) >= 11 is 0. The van der Waals surface area contributed by atoms with Crippen LogP contribution in [0.4, 0.5) is 0 Å². The van der Waals surface area contributed by atoms with Gasteiger partial charge in [-0.2, -0.15) is 0 Å². The molecule has 0 saturated carbocycles. The molecule has 0 aromatic heterocycles. The van der Waals surface area contributed by atoms with Gasteiger partial charge in [0.05, 0.1) is 19.8 Å². The number of nitrogens with two attached hydrogens (primary N) is 1. The first kappa shape index (κ1) is 32.5. The van der Waals surface area contributed by atoms with Gasteiger partial charge in [0.2, 0.25) is 0 Å². The minimum Gasteiger partial charge on any atom is -0.457 e. The van der Waals surface area contributed by atoms with E-state index in [9.17, 15) is 19.4 Å². The Morgan fingerprint density at radius 2 is 1.47 bits per heavy atom. The lowest BCUT2D eigenvalue weighted by Crippen LogP contribution is -2.27. The number of aliphatic hydroxyl groups excluding tert-OH is 1. The van der Waals surface area contributed by atoms with Crippen LogP contribution in [0.25, 0.3) is 0 Å². The second-order valence-electron chi connectivity index (χ2n) is 7.66. The van der Waals surface area contributed by atoms with E-state index in [4.69, 9.17) is 15.0 Å². The molecule has 0 rings (SSSR count). The second-order valence-corrected chi connectivity index (χ2v) is 9.11. The first-order valence-electron chi connectivity index (χ1n) is 12.2. The summed E-state index contributed by atoms with van der Waals surface area (Å²) in [5.74, 6) is -0.505. The molecule has 0 saturated heterocycles. The van der Waals surface area contributed by atoms with Crippen molar-refractivity contribution in [1.29, 1.82) is 0 Å². The Hall–Kier alpha value is -1.54. The molecule has 9 heteroatoms. The van der Waals surface area contributed by atoms with E-state index in [1.165, 1.54) is 25.7 Å². The predicted molar refractivity (Wildman–Crippen MR) is 136 cm³/mol. The number of hydrogen-bond acceptors (Lipinski definition) is 7.